The molecule has 0 spiro atoms. The molecule has 0 fully saturated rings. The second-order valence-corrected chi connectivity index (χ2v) is 7.04. The van der Waals surface area contributed by atoms with Crippen molar-refractivity contribution in [2.45, 2.75) is 20.8 Å². The molecule has 1 N–H and O–H groups in total. The highest BCUT2D eigenvalue weighted by Crippen LogP contribution is 2.35. The number of carbonyl (C=O) groups is 1. The number of aromatic nitrogens is 2. The molecule has 0 radical (unpaired) electrons. The number of hydrogen-bond acceptors (Lipinski definition) is 5. The van der Waals surface area contributed by atoms with Gasteiger partial charge in [-0.1, -0.05) is 18.2 Å². The number of H-pyrrole nitrogens is 1. The lowest BCUT2D eigenvalue weighted by Crippen LogP contribution is -2.17. The fraction of sp³-hybridized carbons (Fsp3) is 0.211. The Labute approximate surface area is 154 Å². The molecule has 0 saturated heterocycles. The molecule has 0 atom stereocenters. The van der Waals surface area contributed by atoms with E-state index in [1.165, 1.54) is 29.3 Å². The van der Waals surface area contributed by atoms with E-state index in [4.69, 9.17) is 4.74 Å². The van der Waals surface area contributed by atoms with Gasteiger partial charge in [-0.15, -0.1) is 11.3 Å². The minimum Gasteiger partial charge on any atom is -0.465 e. The summed E-state index contributed by atoms with van der Waals surface area (Å²) in [4.78, 5) is 30.2. The molecule has 0 saturated carbocycles. The molecular weight excluding hydrogens is 350 g/mol. The van der Waals surface area contributed by atoms with Gasteiger partial charge in [0.05, 0.1) is 23.9 Å². The molecule has 26 heavy (non-hydrogen) atoms. The normalized spacial score (nSPS) is 11.2. The lowest BCUT2D eigenvalue weighted by molar-refractivity contribution is 0.0601. The van der Waals surface area contributed by atoms with E-state index >= 15 is 0 Å². The number of carbonyl (C=O) groups excluding carboxylic acids is 1. The number of aromatic amines is 1. The first-order valence-corrected chi connectivity index (χ1v) is 8.85. The minimum absolute atomic E-state index is 0.193. The highest BCUT2D eigenvalue weighted by Gasteiger charge is 2.20. The first-order chi connectivity index (χ1) is 12.4. The van der Waals surface area contributed by atoms with Gasteiger partial charge in [-0.05, 0) is 38.5 Å². The fourth-order valence-corrected chi connectivity index (χ4v) is 3.63. The fourth-order valence-electron chi connectivity index (χ4n) is 2.64. The van der Waals surface area contributed by atoms with Crippen LogP contribution in [0.4, 0.5) is 5.00 Å². The lowest BCUT2D eigenvalue weighted by Gasteiger charge is -1.99. The molecule has 0 aliphatic heterocycles. The average Bonchev–Trinajstić information content (AvgIpc) is 3.09. The maximum Gasteiger partial charge on any atom is 0.341 e. The zero-order valence-electron chi connectivity index (χ0n) is 15.0. The second kappa shape index (κ2) is 7.13. The van der Waals surface area contributed by atoms with Crippen molar-refractivity contribution in [2.75, 3.05) is 7.11 Å². The molecule has 0 amide bonds. The topological polar surface area (TPSA) is 76.4 Å². The van der Waals surface area contributed by atoms with Crippen LogP contribution in [0, 0.1) is 20.8 Å². The summed E-state index contributed by atoms with van der Waals surface area (Å²) >= 11 is 1.40. The van der Waals surface area contributed by atoms with Crippen LogP contribution in [0.1, 0.15) is 32.1 Å². The number of aryl methyl sites for hydroxylation is 2. The maximum absolute atomic E-state index is 12.7. The van der Waals surface area contributed by atoms with E-state index in [0.29, 0.717) is 21.8 Å². The number of esters is 1. The summed E-state index contributed by atoms with van der Waals surface area (Å²) < 4.78 is 6.33. The van der Waals surface area contributed by atoms with E-state index in [-0.39, 0.29) is 5.56 Å². The quantitative estimate of drug-likeness (QED) is 0.563. The van der Waals surface area contributed by atoms with Crippen LogP contribution in [-0.4, -0.2) is 29.1 Å². The smallest absolute Gasteiger partial charge is 0.341 e. The molecule has 0 aliphatic carbocycles. The monoisotopic (exact) mass is 369 g/mol. The Morgan fingerprint density at radius 1 is 1.23 bits per heavy atom. The van der Waals surface area contributed by atoms with Crippen LogP contribution in [-0.2, 0) is 4.74 Å². The largest absolute Gasteiger partial charge is 0.465 e. The number of methoxy groups -OCH3 is 1. The van der Waals surface area contributed by atoms with Crippen molar-refractivity contribution < 1.29 is 9.53 Å². The van der Waals surface area contributed by atoms with Crippen LogP contribution in [0.15, 0.2) is 40.1 Å². The molecule has 1 aromatic carbocycles. The second-order valence-electron chi connectivity index (χ2n) is 5.84. The number of ether oxygens (including phenoxy) is 1. The third kappa shape index (κ3) is 3.13. The average molecular weight is 369 g/mol. The number of rotatable bonds is 4. The molecule has 3 aromatic rings. The number of aliphatic imine (C=N–C) groups is 1. The van der Waals surface area contributed by atoms with Gasteiger partial charge in [0.15, 0.2) is 0 Å². The third-order valence-electron chi connectivity index (χ3n) is 4.20. The molecule has 0 bridgehead atoms. The Morgan fingerprint density at radius 3 is 2.58 bits per heavy atom. The summed E-state index contributed by atoms with van der Waals surface area (Å²) in [5.74, 6) is -0.425. The van der Waals surface area contributed by atoms with Crippen molar-refractivity contribution in [3.63, 3.8) is 0 Å². The predicted octanol–water partition coefficient (Wildman–Crippen LogP) is 3.69. The van der Waals surface area contributed by atoms with Gasteiger partial charge in [0.1, 0.15) is 5.00 Å². The van der Waals surface area contributed by atoms with Crippen molar-refractivity contribution in [1.82, 2.24) is 9.78 Å². The Hall–Kier alpha value is -2.93. The molecule has 7 heteroatoms. The number of nitrogens with zero attached hydrogens (tertiary/aromatic N) is 2. The van der Waals surface area contributed by atoms with Crippen molar-refractivity contribution in [3.8, 4) is 5.69 Å². The number of para-hydroxylation sites is 1. The summed E-state index contributed by atoms with van der Waals surface area (Å²) in [6.07, 6.45) is 1.50. The standard InChI is InChI=1S/C19H19N3O3S/c1-11-13(3)26-17(16(11)19(24)25-4)20-10-15-12(2)21-22(18(15)23)14-8-6-5-7-9-14/h5-10,21H,1-4H3/b20-10+. The maximum atomic E-state index is 12.7. The molecular formula is C19H19N3O3S. The highest BCUT2D eigenvalue weighted by atomic mass is 32.1. The van der Waals surface area contributed by atoms with E-state index in [1.54, 1.807) is 0 Å². The Bertz CT molecular complexity index is 1040. The molecule has 0 aliphatic rings. The number of nitrogens with one attached hydrogen (secondary N) is 1. The first kappa shape index (κ1) is 17.9. The zero-order chi connectivity index (χ0) is 18.8. The van der Waals surface area contributed by atoms with Gasteiger partial charge in [0.2, 0.25) is 0 Å². The van der Waals surface area contributed by atoms with Crippen LogP contribution >= 0.6 is 11.3 Å². The third-order valence-corrected chi connectivity index (χ3v) is 5.31. The van der Waals surface area contributed by atoms with E-state index in [0.717, 1.165) is 16.1 Å². The molecule has 2 aromatic heterocycles. The first-order valence-electron chi connectivity index (χ1n) is 8.03. The Kier molecular flexibility index (Phi) is 4.90. The summed E-state index contributed by atoms with van der Waals surface area (Å²) in [6.45, 7) is 5.60. The van der Waals surface area contributed by atoms with E-state index in [9.17, 15) is 9.59 Å². The summed E-state index contributed by atoms with van der Waals surface area (Å²) in [5.41, 5.74) is 3.00. The summed E-state index contributed by atoms with van der Waals surface area (Å²) in [5, 5.41) is 3.60. The molecule has 3 rings (SSSR count). The van der Waals surface area contributed by atoms with Crippen LogP contribution in [0.3, 0.4) is 0 Å². The van der Waals surface area contributed by atoms with E-state index < -0.39 is 5.97 Å². The van der Waals surface area contributed by atoms with Gasteiger partial charge in [0, 0.05) is 16.8 Å². The predicted molar refractivity (Wildman–Crippen MR) is 104 cm³/mol. The number of benzene rings is 1. The Morgan fingerprint density at radius 2 is 1.92 bits per heavy atom. The van der Waals surface area contributed by atoms with Gasteiger partial charge >= 0.3 is 5.97 Å². The van der Waals surface area contributed by atoms with E-state index in [2.05, 4.69) is 10.1 Å². The van der Waals surface area contributed by atoms with Gasteiger partial charge in [0.25, 0.3) is 5.56 Å². The van der Waals surface area contributed by atoms with E-state index in [1.807, 2.05) is 51.1 Å². The van der Waals surface area contributed by atoms with Gasteiger partial charge in [-0.3, -0.25) is 9.89 Å². The zero-order valence-corrected chi connectivity index (χ0v) is 15.8. The molecule has 134 valence electrons. The lowest BCUT2D eigenvalue weighted by atomic mass is 10.1. The molecule has 6 nitrogen and oxygen atoms in total. The van der Waals surface area contributed by atoms with Crippen LogP contribution in [0.2, 0.25) is 0 Å². The SMILES string of the molecule is COC(=O)c1c(/N=C/c2c(C)[nH]n(-c3ccccc3)c2=O)sc(C)c1C. The van der Waals surface area contributed by atoms with Crippen LogP contribution in [0.5, 0.6) is 0 Å². The Balaban J connectivity index is 2.03. The highest BCUT2D eigenvalue weighted by molar-refractivity contribution is 7.16. The van der Waals surface area contributed by atoms with Gasteiger partial charge in [-0.25, -0.2) is 14.5 Å². The molecule has 2 heterocycles. The van der Waals surface area contributed by atoms with Gasteiger partial charge in [-0.2, -0.15) is 0 Å². The summed E-state index contributed by atoms with van der Waals surface area (Å²) in [7, 11) is 1.34. The summed E-state index contributed by atoms with van der Waals surface area (Å²) in [6, 6.07) is 9.32. The van der Waals surface area contributed by atoms with Crippen molar-refractivity contribution in [1.29, 1.82) is 0 Å². The van der Waals surface area contributed by atoms with Crippen molar-refractivity contribution in [3.05, 3.63) is 67.9 Å². The van der Waals surface area contributed by atoms with Crippen molar-refractivity contribution >= 4 is 28.5 Å². The van der Waals surface area contributed by atoms with Crippen molar-refractivity contribution in [2.24, 2.45) is 4.99 Å². The van der Waals surface area contributed by atoms with Gasteiger partial charge < -0.3 is 4.74 Å². The van der Waals surface area contributed by atoms with Crippen LogP contribution in [0.25, 0.3) is 5.69 Å². The molecule has 0 unspecified atom stereocenters. The number of thiophene rings is 1. The van der Waals surface area contributed by atoms with Crippen LogP contribution < -0.4 is 5.56 Å². The minimum atomic E-state index is -0.425. The number of hydrogen-bond donors (Lipinski definition) is 1.